The quantitative estimate of drug-likeness (QED) is 0.473. The smallest absolute Gasteiger partial charge is 0.152 e. The van der Waals surface area contributed by atoms with E-state index in [1.165, 1.54) is 0 Å². The fraction of sp³-hybridized carbons (Fsp3) is 0.250. The largest absolute Gasteiger partial charge is 0.323 e. The van der Waals surface area contributed by atoms with Crippen molar-refractivity contribution in [3.05, 3.63) is 58.4 Å². The Labute approximate surface area is 166 Å². The van der Waals surface area contributed by atoms with Crippen molar-refractivity contribution in [2.24, 2.45) is 5.92 Å². The van der Waals surface area contributed by atoms with Crippen LogP contribution in [0.1, 0.15) is 20.3 Å². The van der Waals surface area contributed by atoms with E-state index in [0.717, 1.165) is 27.2 Å². The molecule has 0 unspecified atom stereocenters. The number of carbonyl (C=O) groups excluding carboxylic acids is 1. The Bertz CT molecular complexity index is 919. The standard InChI is InChI=1S/C20H19BrClN3O/c1-13(2)8-17(26)11-25-12-18(15-6-7-19(21)23-10-15)24-20(25)14-4-3-5-16(22)9-14/h3-7,9-10,12-13H,8,11H2,1-2H3. The van der Waals surface area contributed by atoms with Crippen LogP contribution in [-0.4, -0.2) is 20.3 Å². The van der Waals surface area contributed by atoms with Gasteiger partial charge in [-0.25, -0.2) is 9.97 Å². The van der Waals surface area contributed by atoms with Gasteiger partial charge in [-0.05, 0) is 46.1 Å². The molecule has 0 atom stereocenters. The van der Waals surface area contributed by atoms with E-state index in [1.807, 2.05) is 61.0 Å². The molecule has 0 radical (unpaired) electrons. The summed E-state index contributed by atoms with van der Waals surface area (Å²) >= 11 is 9.49. The number of hydrogen-bond donors (Lipinski definition) is 0. The first-order valence-electron chi connectivity index (χ1n) is 8.39. The van der Waals surface area contributed by atoms with Crippen molar-refractivity contribution in [2.45, 2.75) is 26.8 Å². The number of hydrogen-bond acceptors (Lipinski definition) is 3. The van der Waals surface area contributed by atoms with E-state index in [0.29, 0.717) is 17.4 Å². The maximum absolute atomic E-state index is 12.4. The predicted octanol–water partition coefficient (Wildman–Crippen LogP) is 5.64. The molecule has 0 amide bonds. The summed E-state index contributed by atoms with van der Waals surface area (Å²) in [6, 6.07) is 11.3. The van der Waals surface area contributed by atoms with Crippen molar-refractivity contribution in [3.63, 3.8) is 0 Å². The summed E-state index contributed by atoms with van der Waals surface area (Å²) in [5.41, 5.74) is 2.55. The third-order valence-electron chi connectivity index (χ3n) is 3.87. The molecule has 0 saturated heterocycles. The zero-order valence-corrected chi connectivity index (χ0v) is 17.0. The van der Waals surface area contributed by atoms with Crippen molar-refractivity contribution >= 4 is 33.3 Å². The molecule has 0 fully saturated rings. The fourth-order valence-electron chi connectivity index (χ4n) is 2.77. The van der Waals surface area contributed by atoms with Gasteiger partial charge in [0, 0.05) is 35.0 Å². The lowest BCUT2D eigenvalue weighted by atomic mass is 10.1. The van der Waals surface area contributed by atoms with Crippen LogP contribution in [0.5, 0.6) is 0 Å². The van der Waals surface area contributed by atoms with Gasteiger partial charge in [-0.1, -0.05) is 37.6 Å². The summed E-state index contributed by atoms with van der Waals surface area (Å²) in [4.78, 5) is 21.4. The van der Waals surface area contributed by atoms with Crippen LogP contribution in [-0.2, 0) is 11.3 Å². The van der Waals surface area contributed by atoms with E-state index >= 15 is 0 Å². The van der Waals surface area contributed by atoms with Crippen LogP contribution in [0.3, 0.4) is 0 Å². The summed E-state index contributed by atoms with van der Waals surface area (Å²) in [7, 11) is 0. The molecule has 134 valence electrons. The van der Waals surface area contributed by atoms with Crippen LogP contribution >= 0.6 is 27.5 Å². The van der Waals surface area contributed by atoms with Gasteiger partial charge in [-0.3, -0.25) is 4.79 Å². The molecule has 26 heavy (non-hydrogen) atoms. The minimum Gasteiger partial charge on any atom is -0.323 e. The molecule has 1 aromatic carbocycles. The molecule has 0 bridgehead atoms. The van der Waals surface area contributed by atoms with Crippen molar-refractivity contribution in [3.8, 4) is 22.6 Å². The molecule has 3 rings (SSSR count). The van der Waals surface area contributed by atoms with E-state index in [-0.39, 0.29) is 12.3 Å². The van der Waals surface area contributed by atoms with Crippen molar-refractivity contribution in [1.82, 2.24) is 14.5 Å². The Morgan fingerprint density at radius 2 is 2.04 bits per heavy atom. The Hall–Kier alpha value is -1.98. The average Bonchev–Trinajstić information content (AvgIpc) is 2.98. The second kappa shape index (κ2) is 8.14. The van der Waals surface area contributed by atoms with Gasteiger partial charge in [0.1, 0.15) is 10.4 Å². The molecule has 0 saturated carbocycles. The van der Waals surface area contributed by atoms with E-state index < -0.39 is 0 Å². The summed E-state index contributed by atoms with van der Waals surface area (Å²) in [6.07, 6.45) is 4.20. The number of carbonyl (C=O) groups is 1. The maximum atomic E-state index is 12.4. The molecule has 2 aromatic heterocycles. The highest BCUT2D eigenvalue weighted by molar-refractivity contribution is 9.10. The molecule has 2 heterocycles. The molecular weight excluding hydrogens is 414 g/mol. The van der Waals surface area contributed by atoms with Gasteiger partial charge in [0.05, 0.1) is 12.2 Å². The van der Waals surface area contributed by atoms with E-state index in [1.54, 1.807) is 6.20 Å². The second-order valence-corrected chi connectivity index (χ2v) is 7.84. The van der Waals surface area contributed by atoms with Crippen LogP contribution in [0, 0.1) is 5.92 Å². The summed E-state index contributed by atoms with van der Waals surface area (Å²) in [6.45, 7) is 4.38. The molecule has 4 nitrogen and oxygen atoms in total. The predicted molar refractivity (Wildman–Crippen MR) is 108 cm³/mol. The van der Waals surface area contributed by atoms with Crippen molar-refractivity contribution in [1.29, 1.82) is 0 Å². The Balaban J connectivity index is 2.02. The first-order chi connectivity index (χ1) is 12.4. The number of Topliss-reactive ketones (excluding diaryl/α,β-unsaturated/α-hetero) is 1. The maximum Gasteiger partial charge on any atom is 0.152 e. The Kier molecular flexibility index (Phi) is 5.89. The number of benzene rings is 1. The van der Waals surface area contributed by atoms with Gasteiger partial charge in [0.15, 0.2) is 5.78 Å². The first kappa shape index (κ1) is 18.8. The third-order valence-corrected chi connectivity index (χ3v) is 4.57. The van der Waals surface area contributed by atoms with Gasteiger partial charge in [0.25, 0.3) is 0 Å². The Morgan fingerprint density at radius 3 is 2.69 bits per heavy atom. The summed E-state index contributed by atoms with van der Waals surface area (Å²) < 4.78 is 2.66. The van der Waals surface area contributed by atoms with Gasteiger partial charge < -0.3 is 4.57 Å². The highest BCUT2D eigenvalue weighted by Crippen LogP contribution is 2.27. The second-order valence-electron chi connectivity index (χ2n) is 6.59. The number of imidazole rings is 1. The van der Waals surface area contributed by atoms with E-state index in [2.05, 4.69) is 20.9 Å². The van der Waals surface area contributed by atoms with Crippen LogP contribution in [0.2, 0.25) is 5.02 Å². The van der Waals surface area contributed by atoms with Crippen molar-refractivity contribution < 1.29 is 4.79 Å². The zero-order chi connectivity index (χ0) is 18.7. The number of pyridine rings is 1. The number of nitrogens with zero attached hydrogens (tertiary/aromatic N) is 3. The van der Waals surface area contributed by atoms with Crippen LogP contribution in [0.25, 0.3) is 22.6 Å². The molecular formula is C20H19BrClN3O. The zero-order valence-electron chi connectivity index (χ0n) is 14.6. The lowest BCUT2D eigenvalue weighted by Gasteiger charge is -2.08. The average molecular weight is 433 g/mol. The van der Waals surface area contributed by atoms with Crippen LogP contribution in [0.15, 0.2) is 53.4 Å². The van der Waals surface area contributed by atoms with Gasteiger partial charge in [0.2, 0.25) is 0 Å². The summed E-state index contributed by atoms with van der Waals surface area (Å²) in [5.74, 6) is 1.24. The molecule has 0 N–H and O–H groups in total. The molecule has 0 spiro atoms. The van der Waals surface area contributed by atoms with Crippen LogP contribution < -0.4 is 0 Å². The first-order valence-corrected chi connectivity index (χ1v) is 9.56. The lowest BCUT2D eigenvalue weighted by Crippen LogP contribution is -2.12. The molecule has 0 aliphatic carbocycles. The third kappa shape index (κ3) is 4.59. The minimum atomic E-state index is 0.182. The SMILES string of the molecule is CC(C)CC(=O)Cn1cc(-c2ccc(Br)nc2)nc1-c1cccc(Cl)c1. The molecule has 6 heteroatoms. The minimum absolute atomic E-state index is 0.182. The highest BCUT2D eigenvalue weighted by atomic mass is 79.9. The van der Waals surface area contributed by atoms with Crippen LogP contribution in [0.4, 0.5) is 0 Å². The summed E-state index contributed by atoms with van der Waals surface area (Å²) in [5, 5.41) is 0.636. The monoisotopic (exact) mass is 431 g/mol. The number of halogens is 2. The van der Waals surface area contributed by atoms with E-state index in [4.69, 9.17) is 16.6 Å². The Morgan fingerprint density at radius 1 is 1.23 bits per heavy atom. The normalized spacial score (nSPS) is 11.1. The number of aromatic nitrogens is 3. The molecule has 0 aliphatic heterocycles. The molecule has 0 aliphatic rings. The fourth-order valence-corrected chi connectivity index (χ4v) is 3.20. The highest BCUT2D eigenvalue weighted by Gasteiger charge is 2.15. The number of ketones is 1. The topological polar surface area (TPSA) is 47.8 Å². The van der Waals surface area contributed by atoms with E-state index in [9.17, 15) is 4.79 Å². The lowest BCUT2D eigenvalue weighted by molar-refractivity contribution is -0.120. The van der Waals surface area contributed by atoms with Gasteiger partial charge in [-0.15, -0.1) is 0 Å². The number of rotatable bonds is 6. The van der Waals surface area contributed by atoms with Crippen molar-refractivity contribution in [2.75, 3.05) is 0 Å². The van der Waals surface area contributed by atoms with Gasteiger partial charge in [-0.2, -0.15) is 0 Å². The van der Waals surface area contributed by atoms with Gasteiger partial charge >= 0.3 is 0 Å². The molecule has 3 aromatic rings.